The highest BCUT2D eigenvalue weighted by Crippen LogP contribution is 2.31. The highest BCUT2D eigenvalue weighted by molar-refractivity contribution is 6.49. The fraction of sp³-hybridized carbons (Fsp3) is 0.143. The van der Waals surface area contributed by atoms with E-state index in [2.05, 4.69) is 0 Å². The molecule has 3 nitrogen and oxygen atoms in total. The van der Waals surface area contributed by atoms with Gasteiger partial charge in [-0.25, -0.2) is 0 Å². The van der Waals surface area contributed by atoms with E-state index in [1.54, 1.807) is 24.3 Å². The first-order chi connectivity index (χ1) is 8.70. The van der Waals surface area contributed by atoms with Gasteiger partial charge in [0.15, 0.2) is 0 Å². The Morgan fingerprint density at radius 1 is 0.944 bits per heavy atom. The lowest BCUT2D eigenvalue weighted by Gasteiger charge is -2.25. The molecule has 1 aliphatic heterocycles. The summed E-state index contributed by atoms with van der Waals surface area (Å²) >= 11 is 6.08. The standard InChI is InChI=1S/C14H10ClNO2/c15-11-12(16-7-3-4-8-16)14(18)10-6-2-1-5-9(10)13(11)17/h1-6H,7-8H2. The lowest BCUT2D eigenvalue weighted by Crippen LogP contribution is -2.31. The predicted molar refractivity (Wildman–Crippen MR) is 68.7 cm³/mol. The number of Topliss-reactive ketones (excluding diaryl/α,β-unsaturated/α-hetero) is 2. The van der Waals surface area contributed by atoms with Gasteiger partial charge in [0.2, 0.25) is 11.6 Å². The Balaban J connectivity index is 2.13. The molecule has 0 atom stereocenters. The molecule has 4 heteroatoms. The van der Waals surface area contributed by atoms with Crippen molar-refractivity contribution in [3.05, 3.63) is 58.3 Å². The molecular weight excluding hydrogens is 250 g/mol. The molecule has 1 aromatic rings. The molecule has 1 heterocycles. The van der Waals surface area contributed by atoms with E-state index in [4.69, 9.17) is 11.6 Å². The van der Waals surface area contributed by atoms with Gasteiger partial charge in [-0.3, -0.25) is 9.59 Å². The van der Waals surface area contributed by atoms with Gasteiger partial charge in [-0.15, -0.1) is 0 Å². The number of ketones is 2. The zero-order valence-electron chi connectivity index (χ0n) is 9.52. The van der Waals surface area contributed by atoms with Crippen LogP contribution in [0.3, 0.4) is 0 Å². The van der Waals surface area contributed by atoms with Crippen LogP contribution in [0, 0.1) is 0 Å². The topological polar surface area (TPSA) is 37.4 Å². The van der Waals surface area contributed by atoms with Crippen molar-refractivity contribution in [2.75, 3.05) is 13.1 Å². The third-order valence-electron chi connectivity index (χ3n) is 3.17. The van der Waals surface area contributed by atoms with Crippen molar-refractivity contribution < 1.29 is 9.59 Å². The number of rotatable bonds is 1. The van der Waals surface area contributed by atoms with Crippen LogP contribution in [-0.2, 0) is 0 Å². The maximum Gasteiger partial charge on any atom is 0.211 e. The monoisotopic (exact) mass is 259 g/mol. The Hall–Kier alpha value is -1.87. The maximum atomic E-state index is 12.4. The van der Waals surface area contributed by atoms with Crippen LogP contribution in [0.4, 0.5) is 0 Å². The molecule has 90 valence electrons. The average molecular weight is 260 g/mol. The van der Waals surface area contributed by atoms with Gasteiger partial charge >= 0.3 is 0 Å². The SMILES string of the molecule is O=C1C(Cl)=C(N2CC=CC2)C(=O)c2ccccc21. The molecule has 0 saturated heterocycles. The van der Waals surface area contributed by atoms with Crippen LogP contribution in [0.5, 0.6) is 0 Å². The summed E-state index contributed by atoms with van der Waals surface area (Å²) in [5.74, 6) is -0.437. The Morgan fingerprint density at radius 2 is 1.50 bits per heavy atom. The van der Waals surface area contributed by atoms with Crippen LogP contribution in [0.15, 0.2) is 47.1 Å². The molecule has 0 radical (unpaired) electrons. The summed E-state index contributed by atoms with van der Waals surface area (Å²) in [5, 5.41) is 0.0300. The Kier molecular flexibility index (Phi) is 2.56. The van der Waals surface area contributed by atoms with Crippen molar-refractivity contribution in [3.8, 4) is 0 Å². The van der Waals surface area contributed by atoms with Gasteiger partial charge in [0, 0.05) is 24.2 Å². The zero-order chi connectivity index (χ0) is 12.7. The molecule has 0 saturated carbocycles. The number of carbonyl (C=O) groups is 2. The number of benzene rings is 1. The number of nitrogens with zero attached hydrogens (tertiary/aromatic N) is 1. The van der Waals surface area contributed by atoms with E-state index >= 15 is 0 Å². The van der Waals surface area contributed by atoms with Gasteiger partial charge in [-0.2, -0.15) is 0 Å². The normalized spacial score (nSPS) is 18.6. The number of allylic oxidation sites excluding steroid dienone is 2. The number of halogens is 1. The Morgan fingerprint density at radius 3 is 2.11 bits per heavy atom. The van der Waals surface area contributed by atoms with Crippen LogP contribution >= 0.6 is 11.6 Å². The Bertz CT molecular complexity index is 608. The van der Waals surface area contributed by atoms with Gasteiger partial charge < -0.3 is 4.90 Å². The average Bonchev–Trinajstić information content (AvgIpc) is 2.90. The number of hydrogen-bond donors (Lipinski definition) is 0. The van der Waals surface area contributed by atoms with Crippen molar-refractivity contribution in [3.63, 3.8) is 0 Å². The molecule has 0 aromatic heterocycles. The third-order valence-corrected chi connectivity index (χ3v) is 3.52. The van der Waals surface area contributed by atoms with Crippen LogP contribution in [0.1, 0.15) is 20.7 Å². The fourth-order valence-corrected chi connectivity index (χ4v) is 2.58. The Labute approximate surface area is 109 Å². The number of hydrogen-bond acceptors (Lipinski definition) is 3. The molecule has 1 aromatic carbocycles. The van der Waals surface area contributed by atoms with Gasteiger partial charge in [0.1, 0.15) is 10.7 Å². The van der Waals surface area contributed by atoms with Crippen LogP contribution in [-0.4, -0.2) is 29.6 Å². The number of fused-ring (bicyclic) bond motifs is 1. The quantitative estimate of drug-likeness (QED) is 0.727. The third kappa shape index (κ3) is 1.51. The smallest absolute Gasteiger partial charge is 0.211 e. The lowest BCUT2D eigenvalue weighted by molar-refractivity contribution is 0.0954. The number of carbonyl (C=O) groups excluding carboxylic acids is 2. The molecule has 2 aliphatic rings. The van der Waals surface area contributed by atoms with E-state index < -0.39 is 0 Å². The first kappa shape index (κ1) is 11.2. The highest BCUT2D eigenvalue weighted by Gasteiger charge is 2.34. The summed E-state index contributed by atoms with van der Waals surface area (Å²) in [5.41, 5.74) is 1.16. The minimum Gasteiger partial charge on any atom is -0.360 e. The molecule has 0 spiro atoms. The van der Waals surface area contributed by atoms with Crippen LogP contribution in [0.25, 0.3) is 0 Å². The summed E-state index contributed by atoms with van der Waals surface area (Å²) in [7, 11) is 0. The van der Waals surface area contributed by atoms with Gasteiger partial charge in [-0.1, -0.05) is 48.0 Å². The summed E-state index contributed by atoms with van der Waals surface area (Å²) < 4.78 is 0. The molecule has 0 amide bonds. The van der Waals surface area contributed by atoms with Gasteiger partial charge in [0.05, 0.1) is 0 Å². The van der Waals surface area contributed by atoms with Gasteiger partial charge in [-0.05, 0) is 0 Å². The summed E-state index contributed by atoms with van der Waals surface area (Å²) in [6.07, 6.45) is 3.91. The predicted octanol–water partition coefficient (Wildman–Crippen LogP) is 2.39. The van der Waals surface area contributed by atoms with E-state index in [0.717, 1.165) is 0 Å². The molecule has 0 unspecified atom stereocenters. The first-order valence-corrected chi connectivity index (χ1v) is 6.06. The zero-order valence-corrected chi connectivity index (χ0v) is 10.3. The minimum atomic E-state index is -0.270. The van der Waals surface area contributed by atoms with Crippen molar-refractivity contribution in [2.24, 2.45) is 0 Å². The maximum absolute atomic E-state index is 12.4. The van der Waals surface area contributed by atoms with Crippen molar-refractivity contribution in [1.29, 1.82) is 0 Å². The summed E-state index contributed by atoms with van der Waals surface area (Å²) in [4.78, 5) is 26.4. The second-order valence-electron chi connectivity index (χ2n) is 4.24. The van der Waals surface area contributed by atoms with Crippen LogP contribution in [0.2, 0.25) is 0 Å². The second-order valence-corrected chi connectivity index (χ2v) is 4.62. The van der Waals surface area contributed by atoms with E-state index in [1.807, 2.05) is 17.1 Å². The van der Waals surface area contributed by atoms with Crippen molar-refractivity contribution >= 4 is 23.2 Å². The van der Waals surface area contributed by atoms with E-state index in [9.17, 15) is 9.59 Å². The highest BCUT2D eigenvalue weighted by atomic mass is 35.5. The second kappa shape index (κ2) is 4.10. The van der Waals surface area contributed by atoms with Crippen molar-refractivity contribution in [1.82, 2.24) is 4.90 Å². The van der Waals surface area contributed by atoms with Crippen LogP contribution < -0.4 is 0 Å². The first-order valence-electron chi connectivity index (χ1n) is 5.68. The summed E-state index contributed by atoms with van der Waals surface area (Å²) in [6, 6.07) is 6.79. The summed E-state index contributed by atoms with van der Waals surface area (Å²) in [6.45, 7) is 1.24. The fourth-order valence-electron chi connectivity index (χ4n) is 2.28. The van der Waals surface area contributed by atoms with E-state index in [1.165, 1.54) is 0 Å². The lowest BCUT2D eigenvalue weighted by atomic mass is 9.92. The molecular formula is C14H10ClNO2. The molecule has 0 fully saturated rings. The largest absolute Gasteiger partial charge is 0.360 e. The molecule has 0 bridgehead atoms. The molecule has 3 rings (SSSR count). The van der Waals surface area contributed by atoms with E-state index in [-0.39, 0.29) is 16.6 Å². The van der Waals surface area contributed by atoms with Gasteiger partial charge in [0.25, 0.3) is 0 Å². The van der Waals surface area contributed by atoms with E-state index in [0.29, 0.717) is 29.9 Å². The van der Waals surface area contributed by atoms with Crippen molar-refractivity contribution in [2.45, 2.75) is 0 Å². The molecule has 0 N–H and O–H groups in total. The minimum absolute atomic E-state index is 0.0300. The molecule has 1 aliphatic carbocycles. The molecule has 18 heavy (non-hydrogen) atoms.